The van der Waals surface area contributed by atoms with Gasteiger partial charge in [-0.2, -0.15) is 19.1 Å². The molecule has 0 spiro atoms. The molecule has 1 unspecified atom stereocenters. The summed E-state index contributed by atoms with van der Waals surface area (Å²) >= 11 is 3.11. The summed E-state index contributed by atoms with van der Waals surface area (Å²) in [6.07, 6.45) is -5.59. The van der Waals surface area contributed by atoms with Gasteiger partial charge >= 0.3 is 24.1 Å². The minimum Gasteiger partial charge on any atom is -0.481 e. The number of carboxylic acid groups (broad SMARTS) is 1. The van der Waals surface area contributed by atoms with Crippen LogP contribution in [0.3, 0.4) is 0 Å². The highest BCUT2D eigenvalue weighted by Crippen LogP contribution is 2.47. The maximum Gasteiger partial charge on any atom is 0.416 e. The van der Waals surface area contributed by atoms with Crippen molar-refractivity contribution in [1.82, 2.24) is 0 Å². The number of hydrogen-bond donors (Lipinski definition) is 2. The van der Waals surface area contributed by atoms with E-state index in [0.29, 0.717) is 6.07 Å². The number of esters is 1. The Kier molecular flexibility index (Phi) is 10.8. The Labute approximate surface area is 245 Å². The van der Waals surface area contributed by atoms with Crippen LogP contribution in [-0.4, -0.2) is 40.2 Å². The van der Waals surface area contributed by atoms with E-state index in [4.69, 9.17) is 10.6 Å². The van der Waals surface area contributed by atoms with Crippen LogP contribution in [0.2, 0.25) is 0 Å². The van der Waals surface area contributed by atoms with Gasteiger partial charge in [-0.25, -0.2) is 4.79 Å². The van der Waals surface area contributed by atoms with Crippen LogP contribution in [0.1, 0.15) is 73.4 Å². The van der Waals surface area contributed by atoms with E-state index in [2.05, 4.69) is 20.8 Å². The number of halogens is 4. The lowest BCUT2D eigenvalue weighted by Crippen LogP contribution is -2.63. The summed E-state index contributed by atoms with van der Waals surface area (Å²) in [5.74, 6) is -6.51. The van der Waals surface area contributed by atoms with Gasteiger partial charge in [-0.15, -0.1) is 0 Å². The van der Waals surface area contributed by atoms with E-state index in [1.54, 1.807) is 0 Å². The van der Waals surface area contributed by atoms with E-state index in [-0.39, 0.29) is 10.0 Å². The Morgan fingerprint density at radius 2 is 1.41 bits per heavy atom. The van der Waals surface area contributed by atoms with Crippen LogP contribution in [0.15, 0.2) is 22.7 Å². The molecule has 0 heterocycles. The maximum atomic E-state index is 14.2. The van der Waals surface area contributed by atoms with Gasteiger partial charge < -0.3 is 14.7 Å². The zero-order valence-corrected chi connectivity index (χ0v) is 26.1. The van der Waals surface area contributed by atoms with Crippen molar-refractivity contribution in [2.75, 3.05) is 0 Å². The zero-order valence-electron chi connectivity index (χ0n) is 24.5. The molecule has 0 saturated heterocycles. The van der Waals surface area contributed by atoms with E-state index < -0.39 is 81.3 Å². The van der Waals surface area contributed by atoms with Gasteiger partial charge in [0.2, 0.25) is 5.41 Å². The first kappa shape index (κ1) is 36.2. The molecule has 0 amide bonds. The highest BCUT2D eigenvalue weighted by Gasteiger charge is 2.69. The molecule has 9 nitrogen and oxygen atoms in total. The van der Waals surface area contributed by atoms with Gasteiger partial charge in [0, 0.05) is 15.3 Å². The largest absolute Gasteiger partial charge is 0.481 e. The fraction of sp³-hybridized carbons (Fsp3) is 0.607. The number of hydrogen-bond acceptors (Lipinski definition) is 8. The predicted octanol–water partition coefficient (Wildman–Crippen LogP) is 5.30. The summed E-state index contributed by atoms with van der Waals surface area (Å²) in [4.78, 5) is 73.1. The monoisotopic (exact) mass is 651 g/mol. The molecular formula is C28H37BrF3NO8. The van der Waals surface area contributed by atoms with Crippen LogP contribution in [-0.2, 0) is 46.1 Å². The van der Waals surface area contributed by atoms with Gasteiger partial charge in [0.1, 0.15) is 11.4 Å². The molecule has 13 heteroatoms. The number of ether oxygens (including phenoxy) is 1. The molecule has 0 aliphatic rings. The summed E-state index contributed by atoms with van der Waals surface area (Å²) < 4.78 is 46.0. The zero-order chi connectivity index (χ0) is 32.5. The minimum absolute atomic E-state index is 0.0603. The quantitative estimate of drug-likeness (QED) is 0.206. The smallest absolute Gasteiger partial charge is 0.416 e. The van der Waals surface area contributed by atoms with Crippen molar-refractivity contribution in [2.45, 2.75) is 80.5 Å². The molecule has 230 valence electrons. The van der Waals surface area contributed by atoms with Crippen molar-refractivity contribution in [3.63, 3.8) is 0 Å². The normalized spacial score (nSPS) is 15.8. The molecule has 0 fully saturated rings. The summed E-state index contributed by atoms with van der Waals surface area (Å²) in [5, 5.41) is 10.4. The fourth-order valence-electron chi connectivity index (χ4n) is 4.35. The lowest BCUT2D eigenvalue weighted by Gasteiger charge is -2.42. The second-order valence-corrected chi connectivity index (χ2v) is 13.7. The number of rotatable bonds is 9. The number of nitrogens with two attached hydrogens (primary N) is 1. The first-order chi connectivity index (χ1) is 18.2. The standard InChI is InChI=1S/C28H37BrF3NO8/c1-24(2,3)19(34)18(16(20(35)36)13-14-12-15(28(30,31)32)10-11-17(14)29)27(23(39)41-33,21(37)25(4,5)6)22(38)40-26(7,8)9/h10-12,16,18H,13,33H2,1-9H3,(H,35,36)/t16-,18?,27-/m0/s1. The lowest BCUT2D eigenvalue weighted by atomic mass is 9.57. The predicted molar refractivity (Wildman–Crippen MR) is 145 cm³/mol. The van der Waals surface area contributed by atoms with Crippen molar-refractivity contribution in [3.05, 3.63) is 33.8 Å². The number of alkyl halides is 3. The number of carbonyl (C=O) groups excluding carboxylic acids is 4. The molecule has 1 aromatic carbocycles. The van der Waals surface area contributed by atoms with Crippen LogP contribution >= 0.6 is 15.9 Å². The molecule has 1 aromatic rings. The van der Waals surface area contributed by atoms with Crippen molar-refractivity contribution in [2.24, 2.45) is 34.0 Å². The van der Waals surface area contributed by atoms with Gasteiger partial charge in [-0.3, -0.25) is 19.2 Å². The van der Waals surface area contributed by atoms with Gasteiger partial charge in [-0.1, -0.05) is 57.5 Å². The Morgan fingerprint density at radius 3 is 1.78 bits per heavy atom. The minimum atomic E-state index is -4.79. The van der Waals surface area contributed by atoms with Gasteiger partial charge in [0.15, 0.2) is 5.78 Å². The number of aliphatic carboxylic acids is 1. The third-order valence-electron chi connectivity index (χ3n) is 6.21. The third kappa shape index (κ3) is 8.15. The Bertz CT molecular complexity index is 1210. The van der Waals surface area contributed by atoms with Crippen molar-refractivity contribution < 1.29 is 51.8 Å². The van der Waals surface area contributed by atoms with Gasteiger partial charge in [0.25, 0.3) is 0 Å². The highest BCUT2D eigenvalue weighted by molar-refractivity contribution is 9.10. The average Bonchev–Trinajstić information content (AvgIpc) is 2.77. The molecule has 1 rings (SSSR count). The first-order valence-corrected chi connectivity index (χ1v) is 13.3. The third-order valence-corrected chi connectivity index (χ3v) is 6.98. The maximum absolute atomic E-state index is 14.2. The molecule has 3 atom stereocenters. The average molecular weight is 653 g/mol. The van der Waals surface area contributed by atoms with E-state index in [1.807, 2.05) is 0 Å². The molecule has 41 heavy (non-hydrogen) atoms. The van der Waals surface area contributed by atoms with E-state index in [1.165, 1.54) is 62.3 Å². The number of carbonyl (C=O) groups is 5. The van der Waals surface area contributed by atoms with Crippen LogP contribution in [0.5, 0.6) is 0 Å². The van der Waals surface area contributed by atoms with Gasteiger partial charge in [0.05, 0.1) is 17.4 Å². The SMILES string of the molecule is CC(C)(C)OC(=O)[C@@](C(=O)ON)(C(=O)C(C)(C)C)C(C(=O)C(C)(C)C)[C@H](Cc1cc(C(F)(F)F)ccc1Br)C(=O)O. The topological polar surface area (TPSA) is 150 Å². The van der Waals surface area contributed by atoms with Crippen LogP contribution < -0.4 is 5.90 Å². The molecule has 0 radical (unpaired) electrons. The number of benzene rings is 1. The lowest BCUT2D eigenvalue weighted by molar-refractivity contribution is -0.193. The van der Waals surface area contributed by atoms with E-state index in [0.717, 1.165) is 12.1 Å². The molecule has 0 aromatic heterocycles. The van der Waals surface area contributed by atoms with E-state index in [9.17, 15) is 42.3 Å². The van der Waals surface area contributed by atoms with E-state index >= 15 is 0 Å². The van der Waals surface area contributed by atoms with Crippen molar-refractivity contribution in [3.8, 4) is 0 Å². The molecule has 0 aliphatic heterocycles. The van der Waals surface area contributed by atoms with Crippen LogP contribution in [0.4, 0.5) is 13.2 Å². The highest BCUT2D eigenvalue weighted by atomic mass is 79.9. The second-order valence-electron chi connectivity index (χ2n) is 12.8. The number of ketones is 2. The van der Waals surface area contributed by atoms with Crippen LogP contribution in [0, 0.1) is 28.1 Å². The Hall–Kier alpha value is -2.80. The molecule has 0 bridgehead atoms. The molecular weight excluding hydrogens is 615 g/mol. The van der Waals surface area contributed by atoms with Crippen molar-refractivity contribution >= 4 is 45.4 Å². The summed E-state index contributed by atoms with van der Waals surface area (Å²) in [6, 6.07) is 2.49. The second kappa shape index (κ2) is 12.2. The number of Topliss-reactive ketones (excluding diaryl/α,β-unsaturated/α-hetero) is 2. The summed E-state index contributed by atoms with van der Waals surface area (Å²) in [6.45, 7) is 12.4. The molecule has 0 aliphatic carbocycles. The Morgan fingerprint density at radius 1 is 0.902 bits per heavy atom. The van der Waals surface area contributed by atoms with Crippen LogP contribution in [0.25, 0.3) is 0 Å². The molecule has 0 saturated carbocycles. The fourth-order valence-corrected chi connectivity index (χ4v) is 4.76. The Balaban J connectivity index is 4.32. The summed E-state index contributed by atoms with van der Waals surface area (Å²) in [5.41, 5.74) is -8.93. The van der Waals surface area contributed by atoms with Gasteiger partial charge in [-0.05, 0) is 51.0 Å². The number of carboxylic acids is 1. The molecule has 3 N–H and O–H groups in total. The first-order valence-electron chi connectivity index (χ1n) is 12.5. The van der Waals surface area contributed by atoms with Crippen molar-refractivity contribution in [1.29, 1.82) is 0 Å². The summed E-state index contributed by atoms with van der Waals surface area (Å²) in [7, 11) is 0.